The molecule has 196 valence electrons. The van der Waals surface area contributed by atoms with Crippen molar-refractivity contribution in [2.24, 2.45) is 0 Å². The van der Waals surface area contributed by atoms with E-state index < -0.39 is 0 Å². The average Bonchev–Trinajstić information content (AvgIpc) is 3.32. The monoisotopic (exact) mass is 525 g/mol. The number of hydrogen-bond acceptors (Lipinski definition) is 1. The standard InChI is InChI=1S/C40H31N/c1-39(2)35-21-11-13-23-37(35)40(38-24-14-12-22-36(38)39)33-20-10-9-19-31(33)32-27-30(25-26-34(32)40)41(28-15-5-3-6-16-28)29-17-7-4-8-18-29/h3-27H,1-2H3. The Morgan fingerprint density at radius 2 is 0.805 bits per heavy atom. The average molecular weight is 526 g/mol. The highest BCUT2D eigenvalue weighted by Crippen LogP contribution is 2.62. The van der Waals surface area contributed by atoms with Gasteiger partial charge in [-0.25, -0.2) is 0 Å². The molecule has 0 unspecified atom stereocenters. The van der Waals surface area contributed by atoms with Crippen molar-refractivity contribution in [3.05, 3.63) is 185 Å². The van der Waals surface area contributed by atoms with Crippen molar-refractivity contribution in [2.75, 3.05) is 4.90 Å². The van der Waals surface area contributed by atoms with Gasteiger partial charge < -0.3 is 4.90 Å². The molecule has 0 radical (unpaired) electrons. The Morgan fingerprint density at radius 1 is 0.366 bits per heavy atom. The van der Waals surface area contributed by atoms with Crippen LogP contribution in [0.5, 0.6) is 0 Å². The van der Waals surface area contributed by atoms with Crippen LogP contribution >= 0.6 is 0 Å². The molecule has 0 saturated heterocycles. The maximum absolute atomic E-state index is 2.41. The number of rotatable bonds is 3. The Hall–Kier alpha value is -4.88. The highest BCUT2D eigenvalue weighted by molar-refractivity contribution is 5.91. The molecule has 6 aromatic carbocycles. The van der Waals surface area contributed by atoms with Gasteiger partial charge in [0.25, 0.3) is 0 Å². The molecular formula is C40H31N. The van der Waals surface area contributed by atoms with Crippen molar-refractivity contribution in [3.63, 3.8) is 0 Å². The van der Waals surface area contributed by atoms with Crippen LogP contribution in [0.15, 0.2) is 152 Å². The maximum Gasteiger partial charge on any atom is 0.0719 e. The molecule has 0 N–H and O–H groups in total. The minimum Gasteiger partial charge on any atom is -0.310 e. The first-order valence-electron chi connectivity index (χ1n) is 14.5. The normalized spacial score (nSPS) is 15.0. The second-order valence-corrected chi connectivity index (χ2v) is 11.7. The predicted molar refractivity (Wildman–Crippen MR) is 171 cm³/mol. The van der Waals surface area contributed by atoms with Gasteiger partial charge in [-0.1, -0.05) is 129 Å². The van der Waals surface area contributed by atoms with Gasteiger partial charge in [-0.15, -0.1) is 0 Å². The molecule has 0 bridgehead atoms. The lowest BCUT2D eigenvalue weighted by Crippen LogP contribution is -2.40. The van der Waals surface area contributed by atoms with Crippen LogP contribution in [-0.4, -0.2) is 0 Å². The van der Waals surface area contributed by atoms with Gasteiger partial charge in [-0.2, -0.15) is 0 Å². The molecule has 1 nitrogen and oxygen atoms in total. The van der Waals surface area contributed by atoms with Crippen molar-refractivity contribution < 1.29 is 0 Å². The quantitative estimate of drug-likeness (QED) is 0.222. The van der Waals surface area contributed by atoms with E-state index >= 15 is 0 Å². The van der Waals surface area contributed by atoms with E-state index in [1.807, 2.05) is 0 Å². The molecular weight excluding hydrogens is 494 g/mol. The third-order valence-electron chi connectivity index (χ3n) is 9.32. The lowest BCUT2D eigenvalue weighted by molar-refractivity contribution is 0.563. The first kappa shape index (κ1) is 24.0. The van der Waals surface area contributed by atoms with Crippen molar-refractivity contribution in [1.82, 2.24) is 0 Å². The summed E-state index contributed by atoms with van der Waals surface area (Å²) in [4.78, 5) is 2.36. The number of nitrogens with zero attached hydrogens (tertiary/aromatic N) is 1. The van der Waals surface area contributed by atoms with Crippen LogP contribution in [0.1, 0.15) is 47.2 Å². The van der Waals surface area contributed by atoms with Crippen LogP contribution in [0.2, 0.25) is 0 Å². The van der Waals surface area contributed by atoms with Crippen molar-refractivity contribution in [3.8, 4) is 11.1 Å². The highest BCUT2D eigenvalue weighted by Gasteiger charge is 2.53. The first-order valence-corrected chi connectivity index (χ1v) is 14.5. The zero-order valence-electron chi connectivity index (χ0n) is 23.4. The van der Waals surface area contributed by atoms with Crippen LogP contribution in [0.25, 0.3) is 11.1 Å². The lowest BCUT2D eigenvalue weighted by Gasteiger charge is -2.46. The van der Waals surface area contributed by atoms with E-state index in [1.54, 1.807) is 0 Å². The van der Waals surface area contributed by atoms with Crippen molar-refractivity contribution >= 4 is 17.1 Å². The molecule has 1 heteroatoms. The van der Waals surface area contributed by atoms with Gasteiger partial charge in [0.2, 0.25) is 0 Å². The Kier molecular flexibility index (Phi) is 5.15. The van der Waals surface area contributed by atoms with Crippen molar-refractivity contribution in [1.29, 1.82) is 0 Å². The summed E-state index contributed by atoms with van der Waals surface area (Å²) in [6.07, 6.45) is 0. The molecule has 0 atom stereocenters. The third kappa shape index (κ3) is 3.24. The fourth-order valence-corrected chi connectivity index (χ4v) is 7.59. The maximum atomic E-state index is 2.41. The number of fused-ring (bicyclic) bond motifs is 9. The molecule has 1 spiro atoms. The van der Waals surface area contributed by atoms with E-state index in [-0.39, 0.29) is 10.8 Å². The Morgan fingerprint density at radius 3 is 1.37 bits per heavy atom. The van der Waals surface area contributed by atoms with E-state index in [1.165, 1.54) is 44.5 Å². The third-order valence-corrected chi connectivity index (χ3v) is 9.32. The smallest absolute Gasteiger partial charge is 0.0719 e. The molecule has 0 heterocycles. The van der Waals surface area contributed by atoms with E-state index in [4.69, 9.17) is 0 Å². The summed E-state index contributed by atoms with van der Waals surface area (Å²) in [5, 5.41) is 0. The van der Waals surface area contributed by atoms with Gasteiger partial charge in [-0.05, 0) is 80.9 Å². The molecule has 0 fully saturated rings. The van der Waals surface area contributed by atoms with Crippen LogP contribution in [-0.2, 0) is 10.8 Å². The Bertz CT molecular complexity index is 1830. The van der Waals surface area contributed by atoms with Crippen LogP contribution in [0, 0.1) is 0 Å². The van der Waals surface area contributed by atoms with Crippen molar-refractivity contribution in [2.45, 2.75) is 24.7 Å². The minimum atomic E-state index is -0.364. The second kappa shape index (κ2) is 8.81. The molecule has 6 aromatic rings. The lowest BCUT2D eigenvalue weighted by atomic mass is 9.55. The largest absolute Gasteiger partial charge is 0.310 e. The van der Waals surface area contributed by atoms with E-state index in [0.29, 0.717) is 0 Å². The van der Waals surface area contributed by atoms with Gasteiger partial charge in [-0.3, -0.25) is 0 Å². The van der Waals surface area contributed by atoms with Gasteiger partial charge in [0.05, 0.1) is 5.41 Å². The summed E-state index contributed by atoms with van der Waals surface area (Å²) in [5.74, 6) is 0. The van der Waals surface area contributed by atoms with Crippen LogP contribution < -0.4 is 4.90 Å². The summed E-state index contributed by atoms with van der Waals surface area (Å²) in [6.45, 7) is 4.75. The van der Waals surface area contributed by atoms with Gasteiger partial charge >= 0.3 is 0 Å². The van der Waals surface area contributed by atoms with E-state index in [9.17, 15) is 0 Å². The molecule has 0 aliphatic heterocycles. The van der Waals surface area contributed by atoms with Gasteiger partial charge in [0.1, 0.15) is 0 Å². The summed E-state index contributed by atoms with van der Waals surface area (Å²) in [6, 6.07) is 55.8. The zero-order valence-corrected chi connectivity index (χ0v) is 23.4. The minimum absolute atomic E-state index is 0.0898. The summed E-state index contributed by atoms with van der Waals surface area (Å²) >= 11 is 0. The van der Waals surface area contributed by atoms with E-state index in [0.717, 1.165) is 17.1 Å². The van der Waals surface area contributed by atoms with Crippen LogP contribution in [0.4, 0.5) is 17.1 Å². The molecule has 0 aromatic heterocycles. The molecule has 8 rings (SSSR count). The zero-order chi connectivity index (χ0) is 27.6. The van der Waals surface area contributed by atoms with E-state index in [2.05, 4.69) is 170 Å². The molecule has 2 aliphatic rings. The SMILES string of the molecule is CC1(C)c2ccccc2C2(c3ccccc3-c3cc(N(c4ccccc4)c4ccccc4)ccc32)c2ccccc21. The second-order valence-electron chi connectivity index (χ2n) is 11.7. The number of anilines is 3. The Balaban J connectivity index is 1.45. The molecule has 0 amide bonds. The fourth-order valence-electron chi connectivity index (χ4n) is 7.59. The van der Waals surface area contributed by atoms with Crippen LogP contribution in [0.3, 0.4) is 0 Å². The predicted octanol–water partition coefficient (Wildman–Crippen LogP) is 10.2. The molecule has 2 aliphatic carbocycles. The highest BCUT2D eigenvalue weighted by atomic mass is 15.1. The number of benzene rings is 6. The topological polar surface area (TPSA) is 3.24 Å². The summed E-state index contributed by atoms with van der Waals surface area (Å²) in [5.41, 5.74) is 13.9. The summed E-state index contributed by atoms with van der Waals surface area (Å²) < 4.78 is 0. The van der Waals surface area contributed by atoms with Gasteiger partial charge in [0.15, 0.2) is 0 Å². The number of para-hydroxylation sites is 2. The molecule has 41 heavy (non-hydrogen) atoms. The Labute approximate surface area is 242 Å². The molecule has 0 saturated carbocycles. The van der Waals surface area contributed by atoms with Gasteiger partial charge in [0, 0.05) is 22.5 Å². The fraction of sp³-hybridized carbons (Fsp3) is 0.100. The number of hydrogen-bond donors (Lipinski definition) is 0. The summed E-state index contributed by atoms with van der Waals surface area (Å²) in [7, 11) is 0. The first-order chi connectivity index (χ1) is 20.1.